The summed E-state index contributed by atoms with van der Waals surface area (Å²) in [6.07, 6.45) is 2.57. The van der Waals surface area contributed by atoms with Gasteiger partial charge in [-0.05, 0) is 41.1 Å². The normalized spacial score (nSPS) is 12.6. The van der Waals surface area contributed by atoms with Gasteiger partial charge in [0.25, 0.3) is 0 Å². The van der Waals surface area contributed by atoms with Gasteiger partial charge in [0.2, 0.25) is 5.91 Å². The number of hydrogen-bond donors (Lipinski definition) is 2. The van der Waals surface area contributed by atoms with Gasteiger partial charge in [-0.15, -0.1) is 34.0 Å². The smallest absolute Gasteiger partial charge is 0.244 e. The van der Waals surface area contributed by atoms with E-state index in [9.17, 15) is 9.90 Å². The molecule has 3 aromatic rings. The van der Waals surface area contributed by atoms with Crippen molar-refractivity contribution in [3.05, 3.63) is 63.0 Å². The van der Waals surface area contributed by atoms with Gasteiger partial charge < -0.3 is 10.4 Å². The van der Waals surface area contributed by atoms with Crippen molar-refractivity contribution in [3.63, 3.8) is 0 Å². The Kier molecular flexibility index (Phi) is 5.40. The molecule has 1 amide bonds. The van der Waals surface area contributed by atoms with Crippen LogP contribution in [0.3, 0.4) is 0 Å². The number of carbonyl (C=O) groups is 1. The molecular weight excluding hydrogens is 346 g/mol. The van der Waals surface area contributed by atoms with E-state index in [1.54, 1.807) is 40.1 Å². The molecule has 118 valence electrons. The summed E-state index contributed by atoms with van der Waals surface area (Å²) >= 11 is 4.80. The molecule has 0 bridgehead atoms. The van der Waals surface area contributed by atoms with Gasteiger partial charge in [-0.25, -0.2) is 0 Å². The fourth-order valence-corrected chi connectivity index (χ4v) is 4.43. The van der Waals surface area contributed by atoms with Gasteiger partial charge >= 0.3 is 0 Å². The largest absolute Gasteiger partial charge is 0.386 e. The van der Waals surface area contributed by atoms with Crippen LogP contribution >= 0.6 is 34.0 Å². The zero-order valence-electron chi connectivity index (χ0n) is 12.1. The molecule has 0 spiro atoms. The van der Waals surface area contributed by atoms with E-state index in [1.807, 2.05) is 41.1 Å². The molecule has 2 N–H and O–H groups in total. The van der Waals surface area contributed by atoms with Crippen molar-refractivity contribution in [1.82, 2.24) is 5.32 Å². The average molecular weight is 362 g/mol. The predicted molar refractivity (Wildman–Crippen MR) is 99.0 cm³/mol. The summed E-state index contributed by atoms with van der Waals surface area (Å²) < 4.78 is 0. The van der Waals surface area contributed by atoms with Crippen molar-refractivity contribution in [2.45, 2.75) is 6.10 Å². The molecule has 6 heteroatoms. The van der Waals surface area contributed by atoms with Crippen LogP contribution in [-0.2, 0) is 4.79 Å². The lowest BCUT2D eigenvalue weighted by Crippen LogP contribution is -2.26. The Bertz CT molecular complexity index is 773. The third kappa shape index (κ3) is 4.39. The van der Waals surface area contributed by atoms with E-state index in [4.69, 9.17) is 0 Å². The first kappa shape index (κ1) is 16.1. The monoisotopic (exact) mass is 361 g/mol. The molecule has 3 aromatic heterocycles. The number of aliphatic hydroxyl groups excluding tert-OH is 1. The van der Waals surface area contributed by atoms with Crippen LogP contribution < -0.4 is 5.32 Å². The maximum Gasteiger partial charge on any atom is 0.244 e. The summed E-state index contributed by atoms with van der Waals surface area (Å²) in [5.41, 5.74) is 0. The van der Waals surface area contributed by atoms with Gasteiger partial charge in [-0.2, -0.15) is 0 Å². The van der Waals surface area contributed by atoms with E-state index in [-0.39, 0.29) is 12.5 Å². The number of aliphatic hydroxyl groups is 1. The summed E-state index contributed by atoms with van der Waals surface area (Å²) in [5, 5.41) is 16.9. The fourth-order valence-electron chi connectivity index (χ4n) is 1.98. The van der Waals surface area contributed by atoms with Gasteiger partial charge in [0, 0.05) is 32.1 Å². The average Bonchev–Trinajstić information content (AvgIpc) is 3.31. The van der Waals surface area contributed by atoms with Crippen LogP contribution in [0.1, 0.15) is 15.9 Å². The van der Waals surface area contributed by atoms with Gasteiger partial charge in [-0.3, -0.25) is 4.79 Å². The second-order valence-electron chi connectivity index (χ2n) is 4.79. The molecule has 3 nitrogen and oxygen atoms in total. The van der Waals surface area contributed by atoms with Crippen molar-refractivity contribution in [2.24, 2.45) is 0 Å². The number of nitrogens with one attached hydrogen (secondary N) is 1. The molecule has 0 saturated carbocycles. The van der Waals surface area contributed by atoms with Crippen molar-refractivity contribution >= 4 is 46.0 Å². The lowest BCUT2D eigenvalue weighted by Gasteiger charge is -2.08. The highest BCUT2D eigenvalue weighted by molar-refractivity contribution is 7.21. The van der Waals surface area contributed by atoms with Crippen molar-refractivity contribution in [2.75, 3.05) is 6.54 Å². The van der Waals surface area contributed by atoms with Crippen LogP contribution in [0.5, 0.6) is 0 Å². The van der Waals surface area contributed by atoms with Crippen molar-refractivity contribution in [3.8, 4) is 9.75 Å². The highest BCUT2D eigenvalue weighted by Gasteiger charge is 2.12. The molecule has 0 radical (unpaired) electrons. The SMILES string of the molecule is O=C(C=Cc1cccs1)NCC(O)c1ccc(-c2cccs2)s1. The minimum absolute atomic E-state index is 0.201. The Hall–Kier alpha value is -1.73. The highest BCUT2D eigenvalue weighted by atomic mass is 32.1. The first-order valence-corrected chi connectivity index (χ1v) is 9.61. The predicted octanol–water partition coefficient (Wildman–Crippen LogP) is 4.40. The molecule has 0 fully saturated rings. The first-order chi connectivity index (χ1) is 11.2. The lowest BCUT2D eigenvalue weighted by molar-refractivity contribution is -0.116. The number of amides is 1. The van der Waals surface area contributed by atoms with Gasteiger partial charge in [-0.1, -0.05) is 12.1 Å². The Labute approximate surface area is 146 Å². The third-order valence-corrected chi connectivity index (χ3v) is 6.22. The fraction of sp³-hybridized carbons (Fsp3) is 0.118. The van der Waals surface area contributed by atoms with Gasteiger partial charge in [0.1, 0.15) is 6.10 Å². The molecular formula is C17H15NO2S3. The third-order valence-electron chi connectivity index (χ3n) is 3.13. The quantitative estimate of drug-likeness (QED) is 0.639. The summed E-state index contributed by atoms with van der Waals surface area (Å²) in [6.45, 7) is 0.206. The summed E-state index contributed by atoms with van der Waals surface area (Å²) in [5.74, 6) is -0.201. The summed E-state index contributed by atoms with van der Waals surface area (Å²) in [7, 11) is 0. The Balaban J connectivity index is 1.53. The second-order valence-corrected chi connectivity index (χ2v) is 7.83. The number of thiophene rings is 3. The second kappa shape index (κ2) is 7.70. The molecule has 3 heterocycles. The Morgan fingerprint density at radius 3 is 2.70 bits per heavy atom. The van der Waals surface area contributed by atoms with Crippen LogP contribution in [-0.4, -0.2) is 17.6 Å². The van der Waals surface area contributed by atoms with E-state index in [1.165, 1.54) is 11.0 Å². The van der Waals surface area contributed by atoms with E-state index in [0.717, 1.165) is 14.6 Å². The lowest BCUT2D eigenvalue weighted by atomic mass is 10.3. The molecule has 1 unspecified atom stereocenters. The molecule has 0 aliphatic rings. The Morgan fingerprint density at radius 1 is 1.13 bits per heavy atom. The van der Waals surface area contributed by atoms with Crippen LogP contribution in [0, 0.1) is 0 Å². The summed E-state index contributed by atoms with van der Waals surface area (Å²) in [6, 6.07) is 11.9. The molecule has 3 rings (SSSR count). The van der Waals surface area contributed by atoms with E-state index in [0.29, 0.717) is 0 Å². The summed E-state index contributed by atoms with van der Waals surface area (Å²) in [4.78, 5) is 16.0. The van der Waals surface area contributed by atoms with Crippen LogP contribution in [0.4, 0.5) is 0 Å². The first-order valence-electron chi connectivity index (χ1n) is 7.03. The van der Waals surface area contributed by atoms with E-state index in [2.05, 4.69) is 11.4 Å². The molecule has 0 saturated heterocycles. The molecule has 0 aliphatic carbocycles. The van der Waals surface area contributed by atoms with Crippen LogP contribution in [0.15, 0.2) is 53.2 Å². The minimum Gasteiger partial charge on any atom is -0.386 e. The number of rotatable bonds is 6. The molecule has 23 heavy (non-hydrogen) atoms. The molecule has 0 aliphatic heterocycles. The van der Waals surface area contributed by atoms with Crippen molar-refractivity contribution in [1.29, 1.82) is 0 Å². The topological polar surface area (TPSA) is 49.3 Å². The number of hydrogen-bond acceptors (Lipinski definition) is 5. The van der Waals surface area contributed by atoms with E-state index < -0.39 is 6.10 Å². The van der Waals surface area contributed by atoms with Crippen molar-refractivity contribution < 1.29 is 9.90 Å². The minimum atomic E-state index is -0.687. The maximum atomic E-state index is 11.8. The highest BCUT2D eigenvalue weighted by Crippen LogP contribution is 2.33. The Morgan fingerprint density at radius 2 is 1.96 bits per heavy atom. The van der Waals surface area contributed by atoms with Gasteiger partial charge in [0.15, 0.2) is 0 Å². The van der Waals surface area contributed by atoms with Crippen LogP contribution in [0.25, 0.3) is 15.8 Å². The molecule has 1 atom stereocenters. The zero-order chi connectivity index (χ0) is 16.1. The van der Waals surface area contributed by atoms with Gasteiger partial charge in [0.05, 0.1) is 0 Å². The maximum absolute atomic E-state index is 11.8. The number of carbonyl (C=O) groups excluding carboxylic acids is 1. The zero-order valence-corrected chi connectivity index (χ0v) is 14.6. The van der Waals surface area contributed by atoms with Crippen LogP contribution in [0.2, 0.25) is 0 Å². The van der Waals surface area contributed by atoms with E-state index >= 15 is 0 Å². The molecule has 0 aromatic carbocycles. The standard InChI is InChI=1S/C17H15NO2S3/c19-13(11-18-17(20)8-5-12-3-1-9-21-12)14-6-7-16(23-14)15-4-2-10-22-15/h1-10,13,19H,11H2,(H,18,20).